The summed E-state index contributed by atoms with van der Waals surface area (Å²) in [7, 11) is 0. The Bertz CT molecular complexity index is 196. The van der Waals surface area contributed by atoms with Crippen LogP contribution in [0.15, 0.2) is 0 Å². The van der Waals surface area contributed by atoms with Crippen LogP contribution in [0.5, 0.6) is 0 Å². The number of nitrogens with zero attached hydrogens (tertiary/aromatic N) is 1. The van der Waals surface area contributed by atoms with Crippen molar-refractivity contribution in [2.24, 2.45) is 5.73 Å². The number of hydrogen-bond acceptors (Lipinski definition) is 4. The maximum atomic E-state index is 11.2. The van der Waals surface area contributed by atoms with Gasteiger partial charge in [-0.2, -0.15) is 0 Å². The molecular formula is C9H18N2O3. The average Bonchev–Trinajstić information content (AvgIpc) is 2.47. The summed E-state index contributed by atoms with van der Waals surface area (Å²) in [6.07, 6.45) is -0.242. The molecule has 0 aromatic rings. The molecule has 5 heteroatoms. The lowest BCUT2D eigenvalue weighted by Crippen LogP contribution is -2.31. The number of amides is 1. The van der Waals surface area contributed by atoms with Crippen molar-refractivity contribution in [3.63, 3.8) is 0 Å². The molecule has 0 aliphatic carbocycles. The number of carbonyl (C=O) groups excluding carboxylic acids is 1. The lowest BCUT2D eigenvalue weighted by atomic mass is 10.3. The van der Waals surface area contributed by atoms with Crippen LogP contribution in [-0.2, 0) is 9.47 Å². The number of ether oxygens (including phenoxy) is 2. The Morgan fingerprint density at radius 1 is 1.71 bits per heavy atom. The van der Waals surface area contributed by atoms with Crippen molar-refractivity contribution in [1.29, 1.82) is 0 Å². The Labute approximate surface area is 84.1 Å². The zero-order chi connectivity index (χ0) is 10.6. The second-order valence-electron chi connectivity index (χ2n) is 3.61. The van der Waals surface area contributed by atoms with Gasteiger partial charge in [0.25, 0.3) is 0 Å². The molecule has 0 aromatic carbocycles. The van der Waals surface area contributed by atoms with E-state index in [9.17, 15) is 4.79 Å². The van der Waals surface area contributed by atoms with Gasteiger partial charge in [0.05, 0.1) is 19.3 Å². The van der Waals surface area contributed by atoms with E-state index in [0.29, 0.717) is 26.2 Å². The van der Waals surface area contributed by atoms with Gasteiger partial charge in [-0.05, 0) is 13.8 Å². The zero-order valence-corrected chi connectivity index (χ0v) is 8.73. The van der Waals surface area contributed by atoms with E-state index in [1.165, 1.54) is 0 Å². The van der Waals surface area contributed by atoms with Crippen molar-refractivity contribution in [2.45, 2.75) is 26.1 Å². The first-order valence-corrected chi connectivity index (χ1v) is 4.90. The third kappa shape index (κ3) is 3.16. The smallest absolute Gasteiger partial charge is 0.410 e. The lowest BCUT2D eigenvalue weighted by Gasteiger charge is -2.14. The Morgan fingerprint density at radius 2 is 2.43 bits per heavy atom. The molecule has 1 saturated heterocycles. The summed E-state index contributed by atoms with van der Waals surface area (Å²) in [6.45, 7) is 6.01. The second kappa shape index (κ2) is 5.17. The molecule has 1 aliphatic rings. The van der Waals surface area contributed by atoms with Crippen LogP contribution in [-0.4, -0.2) is 49.4 Å². The van der Waals surface area contributed by atoms with Crippen LogP contribution in [0.1, 0.15) is 13.8 Å². The molecule has 0 radical (unpaired) electrons. The first-order chi connectivity index (χ1) is 6.63. The molecule has 1 fully saturated rings. The van der Waals surface area contributed by atoms with Gasteiger partial charge in [-0.3, -0.25) is 0 Å². The zero-order valence-electron chi connectivity index (χ0n) is 8.73. The number of cyclic esters (lactones) is 1. The highest BCUT2D eigenvalue weighted by Gasteiger charge is 2.29. The van der Waals surface area contributed by atoms with E-state index in [0.717, 1.165) is 0 Å². The Morgan fingerprint density at radius 3 is 2.93 bits per heavy atom. The van der Waals surface area contributed by atoms with Crippen LogP contribution in [0, 0.1) is 0 Å². The number of rotatable bonds is 5. The summed E-state index contributed by atoms with van der Waals surface area (Å²) in [4.78, 5) is 12.8. The van der Waals surface area contributed by atoms with Crippen LogP contribution >= 0.6 is 0 Å². The van der Waals surface area contributed by atoms with Gasteiger partial charge in [0.2, 0.25) is 0 Å². The molecule has 1 amide bonds. The standard InChI is InChI=1S/C9H18N2O3/c1-7(2)13-4-3-11-6-8(5-10)14-9(11)12/h7-8H,3-6,10H2,1-2H3. The molecule has 5 nitrogen and oxygen atoms in total. The fourth-order valence-corrected chi connectivity index (χ4v) is 1.28. The van der Waals surface area contributed by atoms with E-state index in [-0.39, 0.29) is 18.3 Å². The normalized spacial score (nSPS) is 21.9. The Kier molecular flexibility index (Phi) is 4.16. The molecule has 1 heterocycles. The van der Waals surface area contributed by atoms with Gasteiger partial charge in [0, 0.05) is 13.1 Å². The minimum absolute atomic E-state index is 0.151. The summed E-state index contributed by atoms with van der Waals surface area (Å²) < 4.78 is 10.3. The monoisotopic (exact) mass is 202 g/mol. The van der Waals surface area contributed by atoms with Crippen molar-refractivity contribution < 1.29 is 14.3 Å². The molecule has 1 atom stereocenters. The molecule has 2 N–H and O–H groups in total. The fraction of sp³-hybridized carbons (Fsp3) is 0.889. The second-order valence-corrected chi connectivity index (χ2v) is 3.61. The summed E-state index contributed by atoms with van der Waals surface area (Å²) in [5, 5.41) is 0. The number of hydrogen-bond donors (Lipinski definition) is 1. The largest absolute Gasteiger partial charge is 0.443 e. The Balaban J connectivity index is 2.21. The van der Waals surface area contributed by atoms with Gasteiger partial charge in [-0.25, -0.2) is 4.79 Å². The summed E-state index contributed by atoms with van der Waals surface area (Å²) in [5.41, 5.74) is 5.40. The fourth-order valence-electron chi connectivity index (χ4n) is 1.28. The first kappa shape index (κ1) is 11.3. The van der Waals surface area contributed by atoms with E-state index in [4.69, 9.17) is 15.2 Å². The topological polar surface area (TPSA) is 64.8 Å². The van der Waals surface area contributed by atoms with E-state index in [1.54, 1.807) is 4.90 Å². The van der Waals surface area contributed by atoms with Gasteiger partial charge in [-0.15, -0.1) is 0 Å². The molecular weight excluding hydrogens is 184 g/mol. The van der Waals surface area contributed by atoms with Gasteiger partial charge < -0.3 is 20.1 Å². The van der Waals surface area contributed by atoms with Crippen molar-refractivity contribution in [2.75, 3.05) is 26.2 Å². The highest BCUT2D eigenvalue weighted by Crippen LogP contribution is 2.09. The molecule has 1 unspecified atom stereocenters. The van der Waals surface area contributed by atoms with E-state index >= 15 is 0 Å². The molecule has 0 aromatic heterocycles. The highest BCUT2D eigenvalue weighted by molar-refractivity contribution is 5.69. The third-order valence-electron chi connectivity index (χ3n) is 2.02. The lowest BCUT2D eigenvalue weighted by molar-refractivity contribution is 0.0656. The van der Waals surface area contributed by atoms with Gasteiger partial charge in [0.15, 0.2) is 0 Å². The van der Waals surface area contributed by atoms with Gasteiger partial charge in [-0.1, -0.05) is 0 Å². The molecule has 1 rings (SSSR count). The van der Waals surface area contributed by atoms with Gasteiger partial charge in [0.1, 0.15) is 6.10 Å². The van der Waals surface area contributed by atoms with Crippen molar-refractivity contribution in [3.8, 4) is 0 Å². The minimum Gasteiger partial charge on any atom is -0.443 e. The molecule has 1 aliphatic heterocycles. The van der Waals surface area contributed by atoms with Gasteiger partial charge >= 0.3 is 6.09 Å². The minimum atomic E-state index is -0.284. The summed E-state index contributed by atoms with van der Waals surface area (Å²) in [6, 6.07) is 0. The third-order valence-corrected chi connectivity index (χ3v) is 2.02. The van der Waals surface area contributed by atoms with E-state index in [2.05, 4.69) is 0 Å². The van der Waals surface area contributed by atoms with Crippen LogP contribution in [0.4, 0.5) is 4.79 Å². The quantitative estimate of drug-likeness (QED) is 0.691. The van der Waals surface area contributed by atoms with Crippen molar-refractivity contribution >= 4 is 6.09 Å². The predicted molar refractivity (Wildman–Crippen MR) is 52.0 cm³/mol. The van der Waals surface area contributed by atoms with Crippen LogP contribution in [0.3, 0.4) is 0 Å². The molecule has 0 bridgehead atoms. The first-order valence-electron chi connectivity index (χ1n) is 4.90. The maximum Gasteiger partial charge on any atom is 0.410 e. The van der Waals surface area contributed by atoms with Crippen molar-refractivity contribution in [1.82, 2.24) is 4.90 Å². The SMILES string of the molecule is CC(C)OCCN1CC(CN)OC1=O. The van der Waals surface area contributed by atoms with Crippen LogP contribution < -0.4 is 5.73 Å². The van der Waals surface area contributed by atoms with Crippen LogP contribution in [0.25, 0.3) is 0 Å². The average molecular weight is 202 g/mol. The van der Waals surface area contributed by atoms with E-state index < -0.39 is 0 Å². The summed E-state index contributed by atoms with van der Waals surface area (Å²) >= 11 is 0. The highest BCUT2D eigenvalue weighted by atomic mass is 16.6. The van der Waals surface area contributed by atoms with E-state index in [1.807, 2.05) is 13.8 Å². The number of nitrogens with two attached hydrogens (primary N) is 1. The molecule has 0 spiro atoms. The van der Waals surface area contributed by atoms with Crippen molar-refractivity contribution in [3.05, 3.63) is 0 Å². The molecule has 82 valence electrons. The predicted octanol–water partition coefficient (Wildman–Crippen LogP) is 0.191. The van der Waals surface area contributed by atoms with Crippen LogP contribution in [0.2, 0.25) is 0 Å². The molecule has 0 saturated carbocycles. The Hall–Kier alpha value is -0.810. The number of carbonyl (C=O) groups is 1. The maximum absolute atomic E-state index is 11.2. The summed E-state index contributed by atoms with van der Waals surface area (Å²) in [5.74, 6) is 0. The molecule has 14 heavy (non-hydrogen) atoms.